The number of rotatable bonds is 26. The van der Waals surface area contributed by atoms with Gasteiger partial charge in [-0.1, -0.05) is 62.9 Å². The normalized spacial score (nSPS) is 15.3. The van der Waals surface area contributed by atoms with E-state index in [2.05, 4.69) is 46.3 Å². The Balaban J connectivity index is 1.30. The van der Waals surface area contributed by atoms with Crippen molar-refractivity contribution in [2.24, 2.45) is 5.92 Å². The Morgan fingerprint density at radius 3 is 1.58 bits per heavy atom. The standard InChI is InChI=1S/C60H77N7O18/c1-14-20-81-58(75)65-52(34(2)3)54(71)61-37(6)53(70)62-41-18-16-40(17-19-41)31-84-57(74)63-46-27-50(48(77-12)25-44(46)55(72)66-29-35(4)23-42(66)32-82-38(7)68)79-21-15-22-80-51-28-47(64-59(76)85-60(9,10)11)45(26-49(51)78-13)56(73)67-30-36(5)24-43(67)33-83-39(8)69/h14,16-19,25-28,34,37,42-43,52H,1,4-5,15,20-24,29-33H2,2-3,6-13H3,(H,61,71)(H,62,70)(H,63,74)(H,64,76)(H,65,75). The van der Waals surface area contributed by atoms with Gasteiger partial charge in [0.15, 0.2) is 23.0 Å². The minimum Gasteiger partial charge on any atom is -0.493 e. The van der Waals surface area contributed by atoms with Gasteiger partial charge < -0.3 is 68.4 Å². The van der Waals surface area contributed by atoms with Crippen molar-refractivity contribution in [2.75, 3.05) is 76.3 Å². The van der Waals surface area contributed by atoms with Gasteiger partial charge in [-0.25, -0.2) is 14.4 Å². The van der Waals surface area contributed by atoms with Crippen LogP contribution in [0.2, 0.25) is 0 Å². The molecule has 4 atom stereocenters. The van der Waals surface area contributed by atoms with E-state index in [1.807, 2.05) is 0 Å². The summed E-state index contributed by atoms with van der Waals surface area (Å²) in [6, 6.07) is 8.95. The van der Waals surface area contributed by atoms with E-state index < -0.39 is 83.6 Å². The van der Waals surface area contributed by atoms with E-state index in [0.29, 0.717) is 29.7 Å². The zero-order chi connectivity index (χ0) is 62.7. The SMILES string of the molecule is C=CCOC(=O)NC(C(=O)NC(C)C(=O)Nc1ccc(COC(=O)Nc2cc(OCCCOc3cc(NC(=O)OC(C)(C)C)c(C(=O)N4CC(=C)CC4COC(C)=O)cc3OC)c(OC)cc2C(=O)N2CC(=C)CC2COC(C)=O)cc1)C(C)C. The van der Waals surface area contributed by atoms with Crippen LogP contribution in [0.1, 0.15) is 101 Å². The fourth-order valence-corrected chi connectivity index (χ4v) is 8.76. The Morgan fingerprint density at radius 1 is 0.635 bits per heavy atom. The molecule has 460 valence electrons. The number of ether oxygens (including phenoxy) is 9. The topological polar surface area (TPSA) is 303 Å². The molecule has 25 heteroatoms. The summed E-state index contributed by atoms with van der Waals surface area (Å²) in [6.45, 7) is 24.0. The first-order valence-electron chi connectivity index (χ1n) is 27.3. The lowest BCUT2D eigenvalue weighted by molar-refractivity contribution is -0.143. The number of methoxy groups -OCH3 is 2. The summed E-state index contributed by atoms with van der Waals surface area (Å²) < 4.78 is 50.2. The summed E-state index contributed by atoms with van der Waals surface area (Å²) in [5, 5.41) is 13.1. The van der Waals surface area contributed by atoms with Gasteiger partial charge >= 0.3 is 30.2 Å². The number of likely N-dealkylation sites (tertiary alicyclic amines) is 2. The summed E-state index contributed by atoms with van der Waals surface area (Å²) in [5.41, 5.74) is 1.52. The van der Waals surface area contributed by atoms with Gasteiger partial charge in [0.2, 0.25) is 11.8 Å². The van der Waals surface area contributed by atoms with Gasteiger partial charge in [-0.15, -0.1) is 0 Å². The number of alkyl carbamates (subject to hydrolysis) is 1. The lowest BCUT2D eigenvalue weighted by Crippen LogP contribution is -2.53. The summed E-state index contributed by atoms with van der Waals surface area (Å²) >= 11 is 0. The quantitative estimate of drug-likeness (QED) is 0.0223. The smallest absolute Gasteiger partial charge is 0.412 e. The van der Waals surface area contributed by atoms with Gasteiger partial charge in [0, 0.05) is 51.2 Å². The number of hydrogen-bond donors (Lipinski definition) is 5. The number of benzene rings is 3. The van der Waals surface area contributed by atoms with E-state index in [4.69, 9.17) is 42.6 Å². The molecule has 0 aliphatic carbocycles. The van der Waals surface area contributed by atoms with Crippen molar-refractivity contribution in [2.45, 2.75) is 111 Å². The molecule has 0 bridgehead atoms. The number of esters is 2. The zero-order valence-electron chi connectivity index (χ0n) is 49.7. The van der Waals surface area contributed by atoms with Crippen LogP contribution in [-0.4, -0.2) is 154 Å². The summed E-state index contributed by atoms with van der Waals surface area (Å²) in [7, 11) is 2.76. The molecule has 2 aliphatic heterocycles. The van der Waals surface area contributed by atoms with Crippen LogP contribution in [0.15, 0.2) is 85.5 Å². The maximum absolute atomic E-state index is 14.5. The van der Waals surface area contributed by atoms with Crippen LogP contribution in [0, 0.1) is 5.92 Å². The average molecular weight is 1180 g/mol. The van der Waals surface area contributed by atoms with Crippen molar-refractivity contribution < 1.29 is 85.8 Å². The summed E-state index contributed by atoms with van der Waals surface area (Å²) in [6.07, 6.45) is -0.239. The largest absolute Gasteiger partial charge is 0.493 e. The average Bonchev–Trinajstić information content (AvgIpc) is 3.03. The Labute approximate surface area is 494 Å². The predicted octanol–water partition coefficient (Wildman–Crippen LogP) is 7.70. The first-order valence-corrected chi connectivity index (χ1v) is 27.3. The van der Waals surface area contributed by atoms with Crippen LogP contribution in [0.5, 0.6) is 23.0 Å². The molecule has 85 heavy (non-hydrogen) atoms. The highest BCUT2D eigenvalue weighted by molar-refractivity contribution is 6.05. The summed E-state index contributed by atoms with van der Waals surface area (Å²) in [4.78, 5) is 120. The molecule has 25 nitrogen and oxygen atoms in total. The first-order chi connectivity index (χ1) is 40.2. The van der Waals surface area contributed by atoms with Crippen LogP contribution < -0.4 is 45.5 Å². The zero-order valence-corrected chi connectivity index (χ0v) is 49.7. The van der Waals surface area contributed by atoms with E-state index in [1.54, 1.807) is 58.9 Å². The van der Waals surface area contributed by atoms with Gasteiger partial charge in [0.25, 0.3) is 11.8 Å². The molecule has 5 N–H and O–H groups in total. The van der Waals surface area contributed by atoms with E-state index in [0.717, 1.165) is 5.57 Å². The van der Waals surface area contributed by atoms with Crippen molar-refractivity contribution in [3.05, 3.63) is 102 Å². The lowest BCUT2D eigenvalue weighted by atomic mass is 10.0. The highest BCUT2D eigenvalue weighted by Gasteiger charge is 2.37. The Hall–Kier alpha value is -9.29. The minimum atomic E-state index is -1.00. The third-order valence-electron chi connectivity index (χ3n) is 12.8. The van der Waals surface area contributed by atoms with Crippen LogP contribution in [0.3, 0.4) is 0 Å². The van der Waals surface area contributed by atoms with Gasteiger partial charge in [0.1, 0.15) is 44.1 Å². The predicted molar refractivity (Wildman–Crippen MR) is 312 cm³/mol. The first kappa shape index (κ1) is 66.5. The monoisotopic (exact) mass is 1180 g/mol. The molecule has 3 aromatic rings. The lowest BCUT2D eigenvalue weighted by Gasteiger charge is -2.26. The molecule has 0 spiro atoms. The van der Waals surface area contributed by atoms with E-state index in [9.17, 15) is 43.2 Å². The highest BCUT2D eigenvalue weighted by atomic mass is 16.6. The van der Waals surface area contributed by atoms with E-state index in [-0.39, 0.29) is 111 Å². The van der Waals surface area contributed by atoms with Crippen molar-refractivity contribution in [3.8, 4) is 23.0 Å². The van der Waals surface area contributed by atoms with Crippen LogP contribution in [0.25, 0.3) is 0 Å². The second-order valence-electron chi connectivity index (χ2n) is 21.3. The number of carbonyl (C=O) groups is 9. The molecule has 3 aromatic carbocycles. The molecule has 2 heterocycles. The second kappa shape index (κ2) is 30.8. The third-order valence-corrected chi connectivity index (χ3v) is 12.8. The number of amides is 7. The van der Waals surface area contributed by atoms with Gasteiger partial charge in [-0.05, 0) is 76.3 Å². The Kier molecular flexibility index (Phi) is 24.1. The maximum atomic E-state index is 14.5. The van der Waals surface area contributed by atoms with Crippen molar-refractivity contribution in [1.29, 1.82) is 0 Å². The fraction of sp³-hybridized carbons (Fsp3) is 0.450. The Bertz CT molecular complexity index is 2990. The van der Waals surface area contributed by atoms with Gasteiger partial charge in [-0.3, -0.25) is 39.4 Å². The highest BCUT2D eigenvalue weighted by Crippen LogP contribution is 2.38. The third kappa shape index (κ3) is 19.9. The number of nitrogens with one attached hydrogen (secondary N) is 5. The molecule has 5 rings (SSSR count). The van der Waals surface area contributed by atoms with Gasteiger partial charge in [0.05, 0.1) is 62.0 Å². The molecular formula is C60H77N7O18. The minimum absolute atomic E-state index is 0.00396. The number of nitrogens with zero attached hydrogens (tertiary/aromatic N) is 2. The number of anilines is 3. The number of hydrogen-bond acceptors (Lipinski definition) is 18. The van der Waals surface area contributed by atoms with Crippen LogP contribution in [0.4, 0.5) is 31.4 Å². The number of carbonyl (C=O) groups excluding carboxylic acids is 9. The van der Waals surface area contributed by atoms with Crippen molar-refractivity contribution in [3.63, 3.8) is 0 Å². The molecule has 2 fully saturated rings. The molecule has 2 saturated heterocycles. The molecular weight excluding hydrogens is 1110 g/mol. The Morgan fingerprint density at radius 2 is 1.13 bits per heavy atom. The molecule has 4 unspecified atom stereocenters. The van der Waals surface area contributed by atoms with Gasteiger partial charge in [-0.2, -0.15) is 0 Å². The second-order valence-corrected chi connectivity index (χ2v) is 21.3. The molecule has 0 saturated carbocycles. The van der Waals surface area contributed by atoms with Crippen molar-refractivity contribution in [1.82, 2.24) is 20.4 Å². The van der Waals surface area contributed by atoms with Crippen molar-refractivity contribution >= 4 is 70.9 Å². The van der Waals surface area contributed by atoms with Crippen LogP contribution in [-0.2, 0) is 49.5 Å². The molecule has 0 aromatic heterocycles. The molecule has 0 radical (unpaired) electrons. The molecule has 7 amide bonds. The van der Waals surface area contributed by atoms with E-state index in [1.165, 1.54) is 75.1 Å². The summed E-state index contributed by atoms with van der Waals surface area (Å²) in [5.74, 6) is -3.01. The fourth-order valence-electron chi connectivity index (χ4n) is 8.76. The maximum Gasteiger partial charge on any atom is 0.412 e. The van der Waals surface area contributed by atoms with Crippen LogP contribution >= 0.6 is 0 Å². The molecule has 2 aliphatic rings. The van der Waals surface area contributed by atoms with E-state index >= 15 is 0 Å².